The fourth-order valence-corrected chi connectivity index (χ4v) is 3.53. The van der Waals surface area contributed by atoms with Crippen LogP contribution in [0, 0.1) is 24.1 Å². The Morgan fingerprint density at radius 1 is 1.42 bits per heavy atom. The molecule has 31 heavy (non-hydrogen) atoms. The number of amides is 1. The minimum absolute atomic E-state index is 0.00957. The number of fused-ring (bicyclic) bond motifs is 1. The van der Waals surface area contributed by atoms with E-state index >= 15 is 0 Å². The van der Waals surface area contributed by atoms with Crippen LogP contribution in [0.1, 0.15) is 22.5 Å². The van der Waals surface area contributed by atoms with E-state index in [9.17, 15) is 18.0 Å². The number of aliphatic imine (C=N–C) groups is 1. The molecule has 0 spiro atoms. The zero-order valence-corrected chi connectivity index (χ0v) is 15.9. The Morgan fingerprint density at radius 3 is 2.90 bits per heavy atom. The molecule has 2 heterocycles. The third-order valence-corrected chi connectivity index (χ3v) is 5.02. The number of hydrogen-bond acceptors (Lipinski definition) is 7. The summed E-state index contributed by atoms with van der Waals surface area (Å²) in [6.45, 7) is -0.00957. The van der Waals surface area contributed by atoms with Crippen molar-refractivity contribution < 1.29 is 27.4 Å². The van der Waals surface area contributed by atoms with Crippen molar-refractivity contribution in [1.82, 2.24) is 9.97 Å². The Kier molecular flexibility index (Phi) is 5.14. The molecule has 1 amide bonds. The topological polar surface area (TPSA) is 112 Å². The summed E-state index contributed by atoms with van der Waals surface area (Å²) in [5.41, 5.74) is 3.00. The van der Waals surface area contributed by atoms with Crippen LogP contribution in [0.4, 0.5) is 18.9 Å². The Labute approximate surface area is 174 Å². The molecular formula is C20H16F3N5O3. The molecule has 1 aliphatic carbocycles. The van der Waals surface area contributed by atoms with Gasteiger partial charge >= 0.3 is 0 Å². The number of amidine groups is 1. The van der Waals surface area contributed by atoms with Gasteiger partial charge < -0.3 is 20.5 Å². The molecule has 0 radical (unpaired) electrons. The van der Waals surface area contributed by atoms with Gasteiger partial charge in [-0.2, -0.15) is 0 Å². The van der Waals surface area contributed by atoms with Crippen LogP contribution in [0.15, 0.2) is 35.6 Å². The van der Waals surface area contributed by atoms with Crippen molar-refractivity contribution in [3.8, 4) is 18.2 Å². The molecule has 1 fully saturated rings. The number of nitrogens with one attached hydrogen (secondary N) is 1. The maximum absolute atomic E-state index is 14.6. The number of ether oxygens (including phenoxy) is 2. The summed E-state index contributed by atoms with van der Waals surface area (Å²) in [7, 11) is 0. The molecule has 1 saturated carbocycles. The Hall–Kier alpha value is -3.81. The Morgan fingerprint density at radius 2 is 2.23 bits per heavy atom. The number of aromatic nitrogens is 2. The standard InChI is InChI=1S/C20H16F3N5O3/c1-2-5-30-16-9-25-14(8-26-16)17(29)27-10-3-4-13(21)11(6-10)20(18(22)23)12-7-15(12)31-19(24)28-20/h1,3-4,6,8-9,12,15,18H,5,7H2,(H2,24,28)(H,27,29). The lowest BCUT2D eigenvalue weighted by Gasteiger charge is -2.33. The molecule has 1 aromatic heterocycles. The highest BCUT2D eigenvalue weighted by Crippen LogP contribution is 2.56. The number of halogens is 3. The number of carbonyl (C=O) groups excluding carboxylic acids is 1. The van der Waals surface area contributed by atoms with E-state index in [4.69, 9.17) is 21.6 Å². The maximum Gasteiger partial charge on any atom is 0.283 e. The number of terminal acetylenes is 1. The van der Waals surface area contributed by atoms with E-state index in [0.29, 0.717) is 0 Å². The molecule has 0 saturated heterocycles. The van der Waals surface area contributed by atoms with Crippen LogP contribution < -0.4 is 15.8 Å². The average molecular weight is 431 g/mol. The fraction of sp³-hybridized carbons (Fsp3) is 0.300. The van der Waals surface area contributed by atoms with Gasteiger partial charge in [-0.3, -0.25) is 4.79 Å². The number of nitrogens with zero attached hydrogens (tertiary/aromatic N) is 3. The van der Waals surface area contributed by atoms with Crippen molar-refractivity contribution in [3.05, 3.63) is 47.7 Å². The number of carbonyl (C=O) groups is 1. The van der Waals surface area contributed by atoms with Crippen molar-refractivity contribution in [2.75, 3.05) is 11.9 Å². The molecule has 1 aromatic carbocycles. The predicted molar refractivity (Wildman–Crippen MR) is 103 cm³/mol. The van der Waals surface area contributed by atoms with Crippen LogP contribution >= 0.6 is 0 Å². The predicted octanol–water partition coefficient (Wildman–Crippen LogP) is 2.07. The van der Waals surface area contributed by atoms with Crippen molar-refractivity contribution >= 4 is 17.6 Å². The van der Waals surface area contributed by atoms with E-state index in [0.717, 1.165) is 18.3 Å². The SMILES string of the molecule is C#CCOc1cnc(C(=O)Nc2ccc(F)c(C3(C(F)F)N=C(N)OC4CC43)c2)cn1. The zero-order chi connectivity index (χ0) is 22.2. The van der Waals surface area contributed by atoms with Gasteiger partial charge in [-0.25, -0.2) is 28.1 Å². The monoisotopic (exact) mass is 431 g/mol. The van der Waals surface area contributed by atoms with Crippen molar-refractivity contribution in [2.45, 2.75) is 24.5 Å². The van der Waals surface area contributed by atoms with Gasteiger partial charge in [0.15, 0.2) is 12.1 Å². The van der Waals surface area contributed by atoms with Crippen LogP contribution in [-0.4, -0.2) is 41.0 Å². The molecule has 4 rings (SSSR count). The minimum atomic E-state index is -3.04. The first kappa shape index (κ1) is 20.5. The lowest BCUT2D eigenvalue weighted by atomic mass is 9.84. The van der Waals surface area contributed by atoms with Gasteiger partial charge in [0.25, 0.3) is 18.4 Å². The molecule has 3 N–H and O–H groups in total. The molecule has 0 bridgehead atoms. The summed E-state index contributed by atoms with van der Waals surface area (Å²) >= 11 is 0. The number of hydrogen-bond donors (Lipinski definition) is 2. The maximum atomic E-state index is 14.6. The van der Waals surface area contributed by atoms with Gasteiger partial charge in [0.1, 0.15) is 17.6 Å². The second-order valence-electron chi connectivity index (χ2n) is 6.96. The van der Waals surface area contributed by atoms with Crippen molar-refractivity contribution in [2.24, 2.45) is 16.6 Å². The first-order valence-electron chi connectivity index (χ1n) is 9.15. The molecule has 2 aliphatic rings. The van der Waals surface area contributed by atoms with Crippen molar-refractivity contribution in [1.29, 1.82) is 0 Å². The van der Waals surface area contributed by atoms with Gasteiger partial charge in [0.05, 0.1) is 12.4 Å². The van der Waals surface area contributed by atoms with Crippen LogP contribution in [0.5, 0.6) is 5.88 Å². The number of rotatable bonds is 6. The summed E-state index contributed by atoms with van der Waals surface area (Å²) in [4.78, 5) is 24.1. The summed E-state index contributed by atoms with van der Waals surface area (Å²) in [5.74, 6) is 0.102. The van der Waals surface area contributed by atoms with Gasteiger partial charge in [0.2, 0.25) is 5.88 Å². The van der Waals surface area contributed by atoms with E-state index in [-0.39, 0.29) is 35.9 Å². The normalized spacial score (nSPS) is 23.8. The van der Waals surface area contributed by atoms with E-state index in [1.807, 2.05) is 0 Å². The van der Waals surface area contributed by atoms with Crippen LogP contribution in [0.2, 0.25) is 0 Å². The van der Waals surface area contributed by atoms with E-state index < -0.39 is 41.7 Å². The lowest BCUT2D eigenvalue weighted by molar-refractivity contribution is 0.0177. The van der Waals surface area contributed by atoms with E-state index in [1.165, 1.54) is 12.3 Å². The van der Waals surface area contributed by atoms with Crippen LogP contribution in [0.3, 0.4) is 0 Å². The molecule has 160 valence electrons. The smallest absolute Gasteiger partial charge is 0.283 e. The zero-order valence-electron chi connectivity index (χ0n) is 15.9. The number of benzene rings is 1. The highest BCUT2D eigenvalue weighted by atomic mass is 19.3. The third-order valence-electron chi connectivity index (χ3n) is 5.02. The number of alkyl halides is 2. The van der Waals surface area contributed by atoms with Crippen molar-refractivity contribution in [3.63, 3.8) is 0 Å². The lowest BCUT2D eigenvalue weighted by Crippen LogP contribution is -2.43. The molecule has 11 heteroatoms. The Bertz CT molecular complexity index is 1090. The molecule has 3 atom stereocenters. The quantitative estimate of drug-likeness (QED) is 0.678. The molecular weight excluding hydrogens is 415 g/mol. The van der Waals surface area contributed by atoms with Gasteiger partial charge in [-0.05, 0) is 24.6 Å². The summed E-state index contributed by atoms with van der Waals surface area (Å²) < 4.78 is 53.2. The van der Waals surface area contributed by atoms with E-state index in [2.05, 4.69) is 26.2 Å². The molecule has 8 nitrogen and oxygen atoms in total. The molecule has 3 unspecified atom stereocenters. The largest absolute Gasteiger partial charge is 0.463 e. The van der Waals surface area contributed by atoms with Gasteiger partial charge in [-0.1, -0.05) is 5.92 Å². The number of nitrogens with two attached hydrogens (primary N) is 1. The number of anilines is 1. The van der Waals surface area contributed by atoms with Crippen LogP contribution in [-0.2, 0) is 10.3 Å². The minimum Gasteiger partial charge on any atom is -0.463 e. The van der Waals surface area contributed by atoms with Gasteiger partial charge in [-0.15, -0.1) is 6.42 Å². The second kappa shape index (κ2) is 7.79. The summed E-state index contributed by atoms with van der Waals surface area (Å²) in [6, 6.07) is 2.92. The van der Waals surface area contributed by atoms with Crippen LogP contribution in [0.25, 0.3) is 0 Å². The highest BCUT2D eigenvalue weighted by Gasteiger charge is 2.64. The Balaban J connectivity index is 1.60. The first-order chi connectivity index (χ1) is 14.8. The second-order valence-corrected chi connectivity index (χ2v) is 6.96. The summed E-state index contributed by atoms with van der Waals surface area (Å²) in [5, 5.41) is 2.49. The third kappa shape index (κ3) is 3.72. The molecule has 2 aromatic rings. The van der Waals surface area contributed by atoms with Gasteiger partial charge in [0, 0.05) is 17.2 Å². The summed E-state index contributed by atoms with van der Waals surface area (Å²) in [6.07, 6.45) is 4.14. The highest BCUT2D eigenvalue weighted by molar-refractivity contribution is 6.02. The average Bonchev–Trinajstić information content (AvgIpc) is 3.53. The first-order valence-corrected chi connectivity index (χ1v) is 9.15. The molecule has 1 aliphatic heterocycles. The van der Waals surface area contributed by atoms with E-state index in [1.54, 1.807) is 0 Å². The fourth-order valence-electron chi connectivity index (χ4n) is 3.53.